The molecule has 0 bridgehead atoms. The van der Waals surface area contributed by atoms with Crippen LogP contribution >= 0.6 is 0 Å². The van der Waals surface area contributed by atoms with Gasteiger partial charge in [0.1, 0.15) is 5.75 Å². The zero-order valence-corrected chi connectivity index (χ0v) is 17.8. The molecule has 0 spiro atoms. The standard InChI is InChI=1S/C26H27NO4/c1-19-15-16-20(2)23(18-19)27-26(29)25(21-10-5-3-6-11-21)31-24(28)14-9-17-30-22-12-7-4-8-13-22/h3-8,10-13,15-16,18,25H,9,14,17H2,1-2H3,(H,27,29)/t25-/m0/s1. The van der Waals surface area contributed by atoms with Gasteiger partial charge in [-0.3, -0.25) is 9.59 Å². The van der Waals surface area contributed by atoms with Crippen molar-refractivity contribution < 1.29 is 19.1 Å². The molecular weight excluding hydrogens is 390 g/mol. The highest BCUT2D eigenvalue weighted by atomic mass is 16.5. The van der Waals surface area contributed by atoms with Crippen molar-refractivity contribution in [2.45, 2.75) is 32.8 Å². The van der Waals surface area contributed by atoms with Crippen LogP contribution < -0.4 is 10.1 Å². The van der Waals surface area contributed by atoms with Gasteiger partial charge < -0.3 is 14.8 Å². The summed E-state index contributed by atoms with van der Waals surface area (Å²) in [7, 11) is 0. The highest BCUT2D eigenvalue weighted by Gasteiger charge is 2.25. The fraction of sp³-hybridized carbons (Fsp3) is 0.231. The Morgan fingerprint density at radius 1 is 0.903 bits per heavy atom. The minimum absolute atomic E-state index is 0.160. The molecule has 3 aromatic rings. The smallest absolute Gasteiger partial charge is 0.307 e. The minimum atomic E-state index is -1.02. The van der Waals surface area contributed by atoms with Crippen molar-refractivity contribution in [3.63, 3.8) is 0 Å². The van der Waals surface area contributed by atoms with Gasteiger partial charge in [-0.15, -0.1) is 0 Å². The molecule has 1 N–H and O–H groups in total. The normalized spacial score (nSPS) is 11.4. The number of aryl methyl sites for hydroxylation is 2. The van der Waals surface area contributed by atoms with Crippen LogP contribution in [0.4, 0.5) is 5.69 Å². The Balaban J connectivity index is 1.61. The Kier molecular flexibility index (Phi) is 7.82. The van der Waals surface area contributed by atoms with E-state index in [2.05, 4.69) is 5.32 Å². The summed E-state index contributed by atoms with van der Waals surface area (Å²) >= 11 is 0. The maximum absolute atomic E-state index is 13.0. The summed E-state index contributed by atoms with van der Waals surface area (Å²) in [4.78, 5) is 25.5. The van der Waals surface area contributed by atoms with E-state index in [4.69, 9.17) is 9.47 Å². The first-order valence-corrected chi connectivity index (χ1v) is 10.3. The first-order chi connectivity index (χ1) is 15.0. The number of nitrogens with one attached hydrogen (secondary N) is 1. The molecule has 0 saturated carbocycles. The third-order valence-corrected chi connectivity index (χ3v) is 4.78. The first-order valence-electron chi connectivity index (χ1n) is 10.3. The molecule has 0 aliphatic heterocycles. The lowest BCUT2D eigenvalue weighted by atomic mass is 10.1. The predicted octanol–water partition coefficient (Wildman–Crippen LogP) is 5.39. The van der Waals surface area contributed by atoms with Crippen molar-refractivity contribution in [1.29, 1.82) is 0 Å². The summed E-state index contributed by atoms with van der Waals surface area (Å²) in [5.41, 5.74) is 3.31. The van der Waals surface area contributed by atoms with Gasteiger partial charge in [-0.1, -0.05) is 60.7 Å². The van der Waals surface area contributed by atoms with Crippen molar-refractivity contribution in [2.75, 3.05) is 11.9 Å². The molecule has 0 fully saturated rings. The minimum Gasteiger partial charge on any atom is -0.494 e. The maximum atomic E-state index is 13.0. The van der Waals surface area contributed by atoms with Crippen molar-refractivity contribution in [1.82, 2.24) is 0 Å². The molecule has 0 radical (unpaired) electrons. The molecule has 160 valence electrons. The first kappa shape index (κ1) is 22.1. The Morgan fingerprint density at radius 2 is 1.58 bits per heavy atom. The average molecular weight is 418 g/mol. The number of rotatable bonds is 9. The van der Waals surface area contributed by atoms with E-state index in [1.165, 1.54) is 0 Å². The molecule has 5 nitrogen and oxygen atoms in total. The zero-order valence-electron chi connectivity index (χ0n) is 17.8. The average Bonchev–Trinajstić information content (AvgIpc) is 2.79. The van der Waals surface area contributed by atoms with Crippen molar-refractivity contribution in [2.24, 2.45) is 0 Å². The number of carbonyl (C=O) groups is 2. The Morgan fingerprint density at radius 3 is 2.29 bits per heavy atom. The Bertz CT molecular complexity index is 1000. The van der Waals surface area contributed by atoms with Crippen molar-refractivity contribution in [3.8, 4) is 5.75 Å². The molecule has 0 saturated heterocycles. The fourth-order valence-electron chi connectivity index (χ4n) is 3.08. The van der Waals surface area contributed by atoms with E-state index in [0.717, 1.165) is 16.9 Å². The van der Waals surface area contributed by atoms with Crippen molar-refractivity contribution in [3.05, 3.63) is 95.6 Å². The zero-order chi connectivity index (χ0) is 22.1. The number of hydrogen-bond acceptors (Lipinski definition) is 4. The van der Waals surface area contributed by atoms with Crippen LogP contribution in [0.1, 0.15) is 35.6 Å². The van der Waals surface area contributed by atoms with E-state index in [9.17, 15) is 9.59 Å². The van der Waals surface area contributed by atoms with E-state index < -0.39 is 12.1 Å². The molecule has 0 aliphatic rings. The molecule has 5 heteroatoms. The van der Waals surface area contributed by atoms with Gasteiger partial charge in [0.15, 0.2) is 0 Å². The lowest BCUT2D eigenvalue weighted by Gasteiger charge is -2.19. The summed E-state index contributed by atoms with van der Waals surface area (Å²) in [6, 6.07) is 24.3. The molecule has 1 atom stereocenters. The topological polar surface area (TPSA) is 64.6 Å². The summed E-state index contributed by atoms with van der Waals surface area (Å²) in [6.45, 7) is 4.27. The van der Waals surface area contributed by atoms with Gasteiger partial charge in [0.2, 0.25) is 6.10 Å². The second-order valence-electron chi connectivity index (χ2n) is 7.35. The monoisotopic (exact) mass is 417 g/mol. The highest BCUT2D eigenvalue weighted by Crippen LogP contribution is 2.23. The van der Waals surface area contributed by atoms with Gasteiger partial charge in [-0.05, 0) is 49.6 Å². The van der Waals surface area contributed by atoms with Gasteiger partial charge in [0, 0.05) is 17.7 Å². The molecule has 0 heterocycles. The van der Waals surface area contributed by atoms with Gasteiger partial charge in [0.25, 0.3) is 5.91 Å². The number of amides is 1. The molecule has 3 rings (SSSR count). The largest absolute Gasteiger partial charge is 0.494 e. The van der Waals surface area contributed by atoms with E-state index in [0.29, 0.717) is 24.3 Å². The molecular formula is C26H27NO4. The van der Waals surface area contributed by atoms with Crippen molar-refractivity contribution >= 4 is 17.6 Å². The van der Waals surface area contributed by atoms with Crippen LogP contribution in [-0.4, -0.2) is 18.5 Å². The van der Waals surface area contributed by atoms with E-state index in [-0.39, 0.29) is 12.3 Å². The van der Waals surface area contributed by atoms with Crippen LogP contribution in [0.15, 0.2) is 78.9 Å². The second kappa shape index (κ2) is 11.0. The Hall–Kier alpha value is -3.60. The van der Waals surface area contributed by atoms with E-state index in [1.807, 2.05) is 80.6 Å². The quantitative estimate of drug-likeness (QED) is 0.375. The van der Waals surface area contributed by atoms with Gasteiger partial charge in [0.05, 0.1) is 6.61 Å². The van der Waals surface area contributed by atoms with Crippen LogP contribution in [0.25, 0.3) is 0 Å². The Labute approximate surface area is 183 Å². The van der Waals surface area contributed by atoms with Gasteiger partial charge >= 0.3 is 5.97 Å². The summed E-state index contributed by atoms with van der Waals surface area (Å²) in [5, 5.41) is 2.90. The highest BCUT2D eigenvalue weighted by molar-refractivity contribution is 5.96. The summed E-state index contributed by atoms with van der Waals surface area (Å²) in [6.07, 6.45) is -0.371. The number of ether oxygens (including phenoxy) is 2. The third-order valence-electron chi connectivity index (χ3n) is 4.78. The van der Waals surface area contributed by atoms with E-state index in [1.54, 1.807) is 12.1 Å². The lowest BCUT2D eigenvalue weighted by Crippen LogP contribution is -2.26. The number of hydrogen-bond donors (Lipinski definition) is 1. The van der Waals surface area contributed by atoms with Gasteiger partial charge in [-0.25, -0.2) is 0 Å². The second-order valence-corrected chi connectivity index (χ2v) is 7.35. The SMILES string of the molecule is Cc1ccc(C)c(NC(=O)[C@@H](OC(=O)CCCOc2ccccc2)c2ccccc2)c1. The number of carbonyl (C=O) groups excluding carboxylic acids is 2. The number of para-hydroxylation sites is 1. The van der Waals surface area contributed by atoms with Crippen LogP contribution in [-0.2, 0) is 14.3 Å². The lowest BCUT2D eigenvalue weighted by molar-refractivity contribution is -0.155. The third kappa shape index (κ3) is 6.71. The molecule has 0 aromatic heterocycles. The summed E-state index contributed by atoms with van der Waals surface area (Å²) in [5.74, 6) is -0.0682. The van der Waals surface area contributed by atoms with Crippen LogP contribution in [0.3, 0.4) is 0 Å². The fourth-order valence-corrected chi connectivity index (χ4v) is 3.08. The van der Waals surface area contributed by atoms with E-state index >= 15 is 0 Å². The van der Waals surface area contributed by atoms with Crippen LogP contribution in [0.5, 0.6) is 5.75 Å². The summed E-state index contributed by atoms with van der Waals surface area (Å²) < 4.78 is 11.2. The molecule has 1 amide bonds. The molecule has 31 heavy (non-hydrogen) atoms. The van der Waals surface area contributed by atoms with Crippen LogP contribution in [0, 0.1) is 13.8 Å². The molecule has 3 aromatic carbocycles. The number of anilines is 1. The number of esters is 1. The number of benzene rings is 3. The predicted molar refractivity (Wildman–Crippen MR) is 121 cm³/mol. The molecule has 0 unspecified atom stereocenters. The molecule has 0 aliphatic carbocycles. The van der Waals surface area contributed by atoms with Crippen LogP contribution in [0.2, 0.25) is 0 Å². The maximum Gasteiger partial charge on any atom is 0.307 e. The van der Waals surface area contributed by atoms with Gasteiger partial charge in [-0.2, -0.15) is 0 Å².